The van der Waals surface area contributed by atoms with Crippen LogP contribution in [0.5, 0.6) is 0 Å². The van der Waals surface area contributed by atoms with Gasteiger partial charge in [-0.1, -0.05) is 11.2 Å². The van der Waals surface area contributed by atoms with Crippen molar-refractivity contribution in [3.05, 3.63) is 76.2 Å². The van der Waals surface area contributed by atoms with E-state index < -0.39 is 11.8 Å². The number of amides is 1. The Labute approximate surface area is 202 Å². The van der Waals surface area contributed by atoms with E-state index in [2.05, 4.69) is 25.4 Å². The van der Waals surface area contributed by atoms with Crippen LogP contribution in [0.4, 0.5) is 8.78 Å². The molecule has 2 aliphatic carbocycles. The Morgan fingerprint density at radius 2 is 2.14 bits per heavy atom. The van der Waals surface area contributed by atoms with Crippen LogP contribution < -0.4 is 5.32 Å². The van der Waals surface area contributed by atoms with Crippen molar-refractivity contribution in [1.82, 2.24) is 29.8 Å². The van der Waals surface area contributed by atoms with E-state index in [9.17, 15) is 13.6 Å². The highest BCUT2D eigenvalue weighted by Gasteiger charge is 2.48. The van der Waals surface area contributed by atoms with Gasteiger partial charge < -0.3 is 9.84 Å². The van der Waals surface area contributed by atoms with Crippen LogP contribution in [-0.4, -0.2) is 36.3 Å². The Morgan fingerprint density at radius 3 is 2.91 bits per heavy atom. The van der Waals surface area contributed by atoms with Crippen molar-refractivity contribution in [1.29, 1.82) is 0 Å². The van der Waals surface area contributed by atoms with Gasteiger partial charge in [0.2, 0.25) is 11.8 Å². The van der Waals surface area contributed by atoms with E-state index in [0.29, 0.717) is 29.3 Å². The van der Waals surface area contributed by atoms with Crippen LogP contribution in [0.25, 0.3) is 16.9 Å². The zero-order chi connectivity index (χ0) is 24.2. The molecule has 0 bridgehead atoms. The highest BCUT2D eigenvalue weighted by atomic mass is 32.1. The van der Waals surface area contributed by atoms with Gasteiger partial charge in [0.25, 0.3) is 5.91 Å². The SMILES string of the molecule is CC1=CCC(c2noc(C3CC(F)(F)C3)n2)C=C1NC(=O)c1cnc2ccc(-c3cscn3)cn12. The average molecular weight is 495 g/mol. The normalized spacial score (nSPS) is 19.8. The number of nitrogens with zero attached hydrogens (tertiary/aromatic N) is 5. The number of halogens is 2. The number of allylic oxidation sites excluding steroid dienone is 3. The molecule has 4 aromatic heterocycles. The van der Waals surface area contributed by atoms with E-state index in [1.807, 2.05) is 42.8 Å². The van der Waals surface area contributed by atoms with Gasteiger partial charge in [0.15, 0.2) is 5.82 Å². The van der Waals surface area contributed by atoms with Crippen LogP contribution in [0.1, 0.15) is 60.2 Å². The number of pyridine rings is 1. The summed E-state index contributed by atoms with van der Waals surface area (Å²) in [5, 5.41) is 8.93. The second-order valence-electron chi connectivity index (χ2n) is 8.88. The minimum absolute atomic E-state index is 0.231. The molecule has 1 N–H and O–H groups in total. The molecule has 0 aliphatic heterocycles. The number of imidazole rings is 1. The van der Waals surface area contributed by atoms with E-state index in [-0.39, 0.29) is 30.6 Å². The van der Waals surface area contributed by atoms with E-state index in [0.717, 1.165) is 16.8 Å². The molecule has 1 atom stereocenters. The Balaban J connectivity index is 1.23. The first kappa shape index (κ1) is 21.8. The molecule has 8 nitrogen and oxygen atoms in total. The molecule has 4 aromatic rings. The molecule has 0 saturated heterocycles. The fraction of sp³-hybridized carbons (Fsp3) is 0.292. The molecule has 1 amide bonds. The number of hydrogen-bond acceptors (Lipinski definition) is 7. The van der Waals surface area contributed by atoms with Crippen molar-refractivity contribution < 1.29 is 18.1 Å². The molecule has 4 heterocycles. The summed E-state index contributed by atoms with van der Waals surface area (Å²) in [6.07, 6.45) is 7.34. The maximum absolute atomic E-state index is 13.2. The van der Waals surface area contributed by atoms with Gasteiger partial charge in [0.1, 0.15) is 11.3 Å². The van der Waals surface area contributed by atoms with Crippen molar-refractivity contribution in [3.63, 3.8) is 0 Å². The van der Waals surface area contributed by atoms with Crippen LogP contribution in [0, 0.1) is 0 Å². The predicted octanol–water partition coefficient (Wildman–Crippen LogP) is 5.10. The number of aromatic nitrogens is 5. The van der Waals surface area contributed by atoms with Crippen molar-refractivity contribution in [3.8, 4) is 11.3 Å². The summed E-state index contributed by atoms with van der Waals surface area (Å²) < 4.78 is 33.4. The van der Waals surface area contributed by atoms with Crippen LogP contribution >= 0.6 is 11.3 Å². The summed E-state index contributed by atoms with van der Waals surface area (Å²) in [5.41, 5.74) is 6.07. The van der Waals surface area contributed by atoms with Gasteiger partial charge in [0, 0.05) is 47.5 Å². The molecule has 1 saturated carbocycles. The topological polar surface area (TPSA) is 98.2 Å². The largest absolute Gasteiger partial charge is 0.339 e. The number of rotatable bonds is 5. The van der Waals surface area contributed by atoms with Gasteiger partial charge in [-0.2, -0.15) is 4.98 Å². The Kier molecular flexibility index (Phi) is 5.10. The van der Waals surface area contributed by atoms with Crippen LogP contribution in [0.2, 0.25) is 0 Å². The molecule has 6 rings (SSSR count). The number of fused-ring (bicyclic) bond motifs is 1. The number of alkyl halides is 2. The highest BCUT2D eigenvalue weighted by molar-refractivity contribution is 7.07. The third-order valence-corrected chi connectivity index (χ3v) is 7.00. The maximum Gasteiger partial charge on any atom is 0.274 e. The van der Waals surface area contributed by atoms with Gasteiger partial charge >= 0.3 is 0 Å². The smallest absolute Gasteiger partial charge is 0.274 e. The van der Waals surface area contributed by atoms with Crippen LogP contribution in [-0.2, 0) is 0 Å². The quantitative estimate of drug-likeness (QED) is 0.415. The van der Waals surface area contributed by atoms with Crippen molar-refractivity contribution in [2.24, 2.45) is 0 Å². The maximum atomic E-state index is 13.2. The zero-order valence-corrected chi connectivity index (χ0v) is 19.4. The average Bonchev–Trinajstić information content (AvgIpc) is 3.58. The number of carbonyl (C=O) groups excluding carboxylic acids is 1. The summed E-state index contributed by atoms with van der Waals surface area (Å²) in [7, 11) is 0. The Morgan fingerprint density at radius 1 is 1.29 bits per heavy atom. The third-order valence-electron chi connectivity index (χ3n) is 6.41. The first-order valence-corrected chi connectivity index (χ1v) is 12.1. The molecular formula is C24H20F2N6O2S. The summed E-state index contributed by atoms with van der Waals surface area (Å²) >= 11 is 1.50. The minimum Gasteiger partial charge on any atom is -0.339 e. The van der Waals surface area contributed by atoms with Gasteiger partial charge in [-0.05, 0) is 37.1 Å². The van der Waals surface area contributed by atoms with E-state index in [1.54, 1.807) is 9.91 Å². The van der Waals surface area contributed by atoms with Crippen molar-refractivity contribution in [2.45, 2.75) is 43.9 Å². The fourth-order valence-corrected chi connectivity index (χ4v) is 4.94. The van der Waals surface area contributed by atoms with Crippen LogP contribution in [0.3, 0.4) is 0 Å². The molecule has 0 radical (unpaired) electrons. The molecule has 2 aliphatic rings. The lowest BCUT2D eigenvalue weighted by molar-refractivity contribution is -0.0925. The number of thiazole rings is 1. The van der Waals surface area contributed by atoms with Crippen molar-refractivity contribution >= 4 is 22.9 Å². The molecular weight excluding hydrogens is 474 g/mol. The highest BCUT2D eigenvalue weighted by Crippen LogP contribution is 2.48. The molecule has 11 heteroatoms. The summed E-state index contributed by atoms with van der Waals surface area (Å²) in [5.74, 6) is -2.92. The van der Waals surface area contributed by atoms with Gasteiger partial charge in [-0.3, -0.25) is 9.20 Å². The van der Waals surface area contributed by atoms with Crippen molar-refractivity contribution in [2.75, 3.05) is 0 Å². The Hall–Kier alpha value is -3.73. The lowest BCUT2D eigenvalue weighted by atomic mass is 9.81. The van der Waals surface area contributed by atoms with Gasteiger partial charge in [-0.15, -0.1) is 11.3 Å². The summed E-state index contributed by atoms with van der Waals surface area (Å²) in [4.78, 5) is 26.2. The summed E-state index contributed by atoms with van der Waals surface area (Å²) in [6, 6.07) is 3.77. The Bertz CT molecular complexity index is 1480. The molecule has 1 unspecified atom stereocenters. The van der Waals surface area contributed by atoms with Crippen LogP contribution in [0.15, 0.2) is 63.4 Å². The second-order valence-corrected chi connectivity index (χ2v) is 9.60. The fourth-order valence-electron chi connectivity index (χ4n) is 4.38. The number of carbonyl (C=O) groups is 1. The second kappa shape index (κ2) is 8.19. The standard InChI is InChI=1S/C24H20F2N6O2S/c1-13-2-3-14(21-30-23(34-31-21)16-7-24(25,26)8-16)6-17(13)29-22(33)19-9-27-20-5-4-15(10-32(19)20)18-11-35-12-28-18/h2,4-6,9-12,14,16H,3,7-8H2,1H3,(H,29,33). The molecule has 1 fully saturated rings. The minimum atomic E-state index is -2.65. The molecule has 35 heavy (non-hydrogen) atoms. The van der Waals surface area contributed by atoms with Gasteiger partial charge in [0.05, 0.1) is 17.4 Å². The predicted molar refractivity (Wildman–Crippen MR) is 124 cm³/mol. The molecule has 0 spiro atoms. The molecule has 178 valence electrons. The van der Waals surface area contributed by atoms with Gasteiger partial charge in [-0.25, -0.2) is 18.7 Å². The lowest BCUT2D eigenvalue weighted by Gasteiger charge is -2.32. The number of hydrogen-bond donors (Lipinski definition) is 1. The number of nitrogens with one attached hydrogen (secondary N) is 1. The zero-order valence-electron chi connectivity index (χ0n) is 18.6. The van der Waals surface area contributed by atoms with E-state index >= 15 is 0 Å². The third kappa shape index (κ3) is 4.05. The first-order chi connectivity index (χ1) is 16.9. The lowest BCUT2D eigenvalue weighted by Crippen LogP contribution is -2.33. The molecule has 0 aromatic carbocycles. The summed E-state index contributed by atoms with van der Waals surface area (Å²) in [6.45, 7) is 1.91. The van der Waals surface area contributed by atoms with E-state index in [1.165, 1.54) is 17.5 Å². The monoisotopic (exact) mass is 494 g/mol. The first-order valence-electron chi connectivity index (χ1n) is 11.1. The van der Waals surface area contributed by atoms with E-state index in [4.69, 9.17) is 4.52 Å².